The van der Waals surface area contributed by atoms with E-state index < -0.39 is 0 Å². The molecule has 1 aromatic rings. The first-order valence-corrected chi connectivity index (χ1v) is 10.6. The molecule has 156 valence electrons. The molecule has 3 rings (SSSR count). The molecule has 2 aliphatic heterocycles. The van der Waals surface area contributed by atoms with Crippen molar-refractivity contribution in [1.82, 2.24) is 20.0 Å². The number of nitrogens with one attached hydrogen (secondary N) is 1. The summed E-state index contributed by atoms with van der Waals surface area (Å²) in [5, 5.41) is 7.37. The van der Waals surface area contributed by atoms with Crippen LogP contribution in [-0.2, 0) is 29.6 Å². The van der Waals surface area contributed by atoms with Crippen LogP contribution in [0.3, 0.4) is 0 Å². The molecule has 1 fully saturated rings. The Hall–Kier alpha value is -1.89. The van der Waals surface area contributed by atoms with Crippen molar-refractivity contribution in [2.24, 2.45) is 13.0 Å². The average Bonchev–Trinajstić information content (AvgIpc) is 3.00. The van der Waals surface area contributed by atoms with Gasteiger partial charge in [0.25, 0.3) is 5.91 Å². The van der Waals surface area contributed by atoms with Crippen molar-refractivity contribution in [3.05, 3.63) is 17.0 Å². The smallest absolute Gasteiger partial charge is 0.272 e. The largest absolute Gasteiger partial charge is 0.370 e. The van der Waals surface area contributed by atoms with Gasteiger partial charge in [-0.25, -0.2) is 0 Å². The SMILES string of the molecule is CCCNC(=O)c1nn(C)c2c1COC1(CCN(C(=O)CCC(C)C)CC1)C2. The summed E-state index contributed by atoms with van der Waals surface area (Å²) in [6, 6.07) is 0. The summed E-state index contributed by atoms with van der Waals surface area (Å²) in [5.41, 5.74) is 2.25. The van der Waals surface area contributed by atoms with Crippen LogP contribution in [0.2, 0.25) is 0 Å². The minimum Gasteiger partial charge on any atom is -0.370 e. The van der Waals surface area contributed by atoms with E-state index in [9.17, 15) is 9.59 Å². The molecule has 2 aliphatic rings. The monoisotopic (exact) mass is 390 g/mol. The summed E-state index contributed by atoms with van der Waals surface area (Å²) < 4.78 is 8.13. The maximum atomic E-state index is 12.4. The second kappa shape index (κ2) is 8.64. The molecule has 2 amide bonds. The van der Waals surface area contributed by atoms with Gasteiger partial charge in [-0.2, -0.15) is 5.10 Å². The number of piperidine rings is 1. The Morgan fingerprint density at radius 2 is 2.00 bits per heavy atom. The number of fused-ring (bicyclic) bond motifs is 1. The lowest BCUT2D eigenvalue weighted by Gasteiger charge is -2.44. The Morgan fingerprint density at radius 1 is 1.29 bits per heavy atom. The molecule has 0 bridgehead atoms. The van der Waals surface area contributed by atoms with E-state index in [4.69, 9.17) is 4.74 Å². The van der Waals surface area contributed by atoms with Gasteiger partial charge in [-0.05, 0) is 31.6 Å². The van der Waals surface area contributed by atoms with E-state index in [1.54, 1.807) is 0 Å². The number of amides is 2. The average molecular weight is 391 g/mol. The van der Waals surface area contributed by atoms with E-state index >= 15 is 0 Å². The van der Waals surface area contributed by atoms with Crippen molar-refractivity contribution in [2.45, 2.75) is 71.5 Å². The Morgan fingerprint density at radius 3 is 2.64 bits per heavy atom. The molecule has 0 radical (unpaired) electrons. The van der Waals surface area contributed by atoms with Gasteiger partial charge in [0.1, 0.15) is 0 Å². The fourth-order valence-electron chi connectivity index (χ4n) is 4.12. The summed E-state index contributed by atoms with van der Waals surface area (Å²) in [4.78, 5) is 26.8. The van der Waals surface area contributed by atoms with Crippen molar-refractivity contribution in [3.63, 3.8) is 0 Å². The molecule has 3 heterocycles. The normalized spacial score (nSPS) is 18.4. The fraction of sp³-hybridized carbons (Fsp3) is 0.762. The number of aryl methyl sites for hydroxylation is 1. The van der Waals surface area contributed by atoms with Gasteiger partial charge >= 0.3 is 0 Å². The lowest BCUT2D eigenvalue weighted by Crippen LogP contribution is -2.50. The van der Waals surface area contributed by atoms with Gasteiger partial charge < -0.3 is 15.0 Å². The number of carbonyl (C=O) groups excluding carboxylic acids is 2. The van der Waals surface area contributed by atoms with Gasteiger partial charge in [-0.1, -0.05) is 20.8 Å². The Balaban J connectivity index is 1.64. The minimum atomic E-state index is -0.243. The third kappa shape index (κ3) is 4.40. The van der Waals surface area contributed by atoms with Crippen LogP contribution in [0.1, 0.15) is 74.6 Å². The predicted octanol–water partition coefficient (Wildman–Crippen LogP) is 2.43. The van der Waals surface area contributed by atoms with Crippen molar-refractivity contribution >= 4 is 11.8 Å². The van der Waals surface area contributed by atoms with E-state index in [1.165, 1.54) is 0 Å². The van der Waals surface area contributed by atoms with E-state index in [0.717, 1.165) is 56.5 Å². The number of ether oxygens (including phenoxy) is 1. The summed E-state index contributed by atoms with van der Waals surface area (Å²) in [5.74, 6) is 0.688. The molecule has 1 saturated heterocycles. The van der Waals surface area contributed by atoms with Gasteiger partial charge in [0, 0.05) is 50.8 Å². The predicted molar refractivity (Wildman–Crippen MR) is 107 cm³/mol. The third-order valence-corrected chi connectivity index (χ3v) is 6.00. The van der Waals surface area contributed by atoms with Crippen molar-refractivity contribution in [2.75, 3.05) is 19.6 Å². The summed E-state index contributed by atoms with van der Waals surface area (Å²) in [6.45, 7) is 8.88. The highest BCUT2D eigenvalue weighted by atomic mass is 16.5. The zero-order valence-corrected chi connectivity index (χ0v) is 17.7. The molecule has 7 nitrogen and oxygen atoms in total. The fourth-order valence-corrected chi connectivity index (χ4v) is 4.12. The van der Waals surface area contributed by atoms with Crippen LogP contribution in [0.4, 0.5) is 0 Å². The number of hydrogen-bond acceptors (Lipinski definition) is 4. The Bertz CT molecular complexity index is 717. The van der Waals surface area contributed by atoms with E-state index in [-0.39, 0.29) is 17.4 Å². The van der Waals surface area contributed by atoms with Gasteiger partial charge in [0.2, 0.25) is 5.91 Å². The molecule has 0 aliphatic carbocycles. The standard InChI is InChI=1S/C21H34N4O3/c1-5-10-22-20(27)19-16-14-28-21(13-17(16)24(4)23-19)8-11-25(12-9-21)18(26)7-6-15(2)3/h15H,5-14H2,1-4H3,(H,22,27). The Kier molecular flexibility index (Phi) is 6.43. The molecule has 0 saturated carbocycles. The first-order valence-electron chi connectivity index (χ1n) is 10.6. The number of carbonyl (C=O) groups is 2. The van der Waals surface area contributed by atoms with Crippen LogP contribution < -0.4 is 5.32 Å². The van der Waals surface area contributed by atoms with Crippen LogP contribution in [0.15, 0.2) is 0 Å². The quantitative estimate of drug-likeness (QED) is 0.809. The zero-order valence-electron chi connectivity index (χ0n) is 17.7. The number of aromatic nitrogens is 2. The molecule has 1 N–H and O–H groups in total. The first kappa shape index (κ1) is 20.8. The first-order chi connectivity index (χ1) is 13.3. The topological polar surface area (TPSA) is 76.5 Å². The molecular formula is C21H34N4O3. The second-order valence-corrected chi connectivity index (χ2v) is 8.62. The van der Waals surface area contributed by atoms with Crippen LogP contribution in [0.25, 0.3) is 0 Å². The maximum absolute atomic E-state index is 12.4. The molecule has 0 aromatic carbocycles. The van der Waals surface area contributed by atoms with Gasteiger partial charge in [0.05, 0.1) is 12.2 Å². The number of rotatable bonds is 6. The summed E-state index contributed by atoms with van der Waals surface area (Å²) >= 11 is 0. The summed E-state index contributed by atoms with van der Waals surface area (Å²) in [7, 11) is 1.90. The van der Waals surface area contributed by atoms with Crippen LogP contribution in [-0.4, -0.2) is 51.7 Å². The highest BCUT2D eigenvalue weighted by Gasteiger charge is 2.42. The van der Waals surface area contributed by atoms with E-state index in [0.29, 0.717) is 31.2 Å². The van der Waals surface area contributed by atoms with Crippen molar-refractivity contribution in [1.29, 1.82) is 0 Å². The lowest BCUT2D eigenvalue weighted by molar-refractivity contribution is -0.141. The lowest BCUT2D eigenvalue weighted by atomic mass is 9.83. The maximum Gasteiger partial charge on any atom is 0.272 e. The molecule has 1 spiro atoms. The number of likely N-dealkylation sites (tertiary alicyclic amines) is 1. The number of hydrogen-bond donors (Lipinski definition) is 1. The minimum absolute atomic E-state index is 0.121. The molecule has 28 heavy (non-hydrogen) atoms. The highest BCUT2D eigenvalue weighted by molar-refractivity contribution is 5.94. The highest BCUT2D eigenvalue weighted by Crippen LogP contribution is 2.37. The molecular weight excluding hydrogens is 356 g/mol. The third-order valence-electron chi connectivity index (χ3n) is 6.00. The van der Waals surface area contributed by atoms with E-state index in [1.807, 2.05) is 23.6 Å². The van der Waals surface area contributed by atoms with E-state index in [2.05, 4.69) is 24.3 Å². The van der Waals surface area contributed by atoms with Crippen molar-refractivity contribution in [3.8, 4) is 0 Å². The molecule has 0 unspecified atom stereocenters. The zero-order chi connectivity index (χ0) is 20.3. The van der Waals surface area contributed by atoms with Gasteiger partial charge in [-0.15, -0.1) is 0 Å². The van der Waals surface area contributed by atoms with Gasteiger partial charge in [0.15, 0.2) is 5.69 Å². The molecule has 1 aromatic heterocycles. The summed E-state index contributed by atoms with van der Waals surface area (Å²) in [6.07, 6.45) is 4.89. The van der Waals surface area contributed by atoms with Crippen molar-refractivity contribution < 1.29 is 14.3 Å². The molecule has 7 heteroatoms. The molecule has 0 atom stereocenters. The second-order valence-electron chi connectivity index (χ2n) is 8.62. The van der Waals surface area contributed by atoms with Gasteiger partial charge in [-0.3, -0.25) is 14.3 Å². The Labute approximate surface area is 167 Å². The number of nitrogens with zero attached hydrogens (tertiary/aromatic N) is 3. The van der Waals surface area contributed by atoms with Crippen LogP contribution in [0, 0.1) is 5.92 Å². The van der Waals surface area contributed by atoms with Crippen LogP contribution >= 0.6 is 0 Å². The van der Waals surface area contributed by atoms with Crippen LogP contribution in [0.5, 0.6) is 0 Å².